The zero-order chi connectivity index (χ0) is 22.7. The van der Waals surface area contributed by atoms with Gasteiger partial charge in [0.2, 0.25) is 0 Å². The fourth-order valence-corrected chi connectivity index (χ4v) is 4.09. The maximum Gasteiger partial charge on any atom is 0.446 e. The van der Waals surface area contributed by atoms with Crippen molar-refractivity contribution in [1.82, 2.24) is 15.0 Å². The number of carbonyl (C=O) groups is 1. The first-order valence-electron chi connectivity index (χ1n) is 9.96. The summed E-state index contributed by atoms with van der Waals surface area (Å²) in [7, 11) is 0. The number of nitrogens with one attached hydrogen (secondary N) is 1. The number of halogens is 3. The van der Waals surface area contributed by atoms with Crippen molar-refractivity contribution >= 4 is 29.2 Å². The van der Waals surface area contributed by atoms with Crippen LogP contribution < -0.4 is 10.2 Å². The Hall–Kier alpha value is -3.14. The van der Waals surface area contributed by atoms with Gasteiger partial charge in [0.05, 0.1) is 5.56 Å². The number of thioether (sulfide) groups is 1. The fraction of sp³-hybridized carbons (Fsp3) is 0.273. The number of rotatable bonds is 5. The number of pyridine rings is 1. The van der Waals surface area contributed by atoms with Crippen LogP contribution in [0.25, 0.3) is 11.1 Å². The third-order valence-corrected chi connectivity index (χ3v) is 5.81. The van der Waals surface area contributed by atoms with Crippen molar-refractivity contribution in [3.63, 3.8) is 0 Å². The minimum absolute atomic E-state index is 0.0488. The molecule has 0 saturated carbocycles. The van der Waals surface area contributed by atoms with Crippen LogP contribution in [0.15, 0.2) is 60.1 Å². The van der Waals surface area contributed by atoms with E-state index < -0.39 is 11.4 Å². The monoisotopic (exact) mass is 459 g/mol. The Morgan fingerprint density at radius 3 is 2.50 bits per heavy atom. The number of nitrogens with zero attached hydrogens (tertiary/aromatic N) is 4. The second kappa shape index (κ2) is 9.15. The van der Waals surface area contributed by atoms with E-state index in [9.17, 15) is 18.0 Å². The van der Waals surface area contributed by atoms with Crippen LogP contribution in [0.2, 0.25) is 0 Å². The van der Waals surface area contributed by atoms with Crippen molar-refractivity contribution in [3.05, 3.63) is 60.8 Å². The Kier molecular flexibility index (Phi) is 6.31. The van der Waals surface area contributed by atoms with Crippen LogP contribution in [0.4, 0.5) is 24.7 Å². The molecule has 6 nitrogen and oxygen atoms in total. The highest BCUT2D eigenvalue weighted by molar-refractivity contribution is 8.00. The molecule has 0 unspecified atom stereocenters. The zero-order valence-corrected chi connectivity index (χ0v) is 18.0. The Bertz CT molecular complexity index is 1090. The second-order valence-electron chi connectivity index (χ2n) is 7.59. The van der Waals surface area contributed by atoms with E-state index in [1.165, 1.54) is 36.8 Å². The summed E-state index contributed by atoms with van der Waals surface area (Å²) in [4.78, 5) is 27.8. The number of alkyl halides is 3. The highest BCUT2D eigenvalue weighted by Crippen LogP contribution is 2.37. The molecule has 4 rings (SSSR count). The summed E-state index contributed by atoms with van der Waals surface area (Å²) in [5.41, 5.74) is -2.14. The molecule has 1 atom stereocenters. The molecular formula is C22H20F3N5OS. The van der Waals surface area contributed by atoms with Gasteiger partial charge in [0.15, 0.2) is 0 Å². The summed E-state index contributed by atoms with van der Waals surface area (Å²) in [6.07, 6.45) is 7.36. The Morgan fingerprint density at radius 2 is 1.88 bits per heavy atom. The lowest BCUT2D eigenvalue weighted by molar-refractivity contribution is -0.0328. The molecular weight excluding hydrogens is 439 g/mol. The molecule has 1 saturated heterocycles. The molecule has 0 bridgehead atoms. The molecule has 2 aromatic heterocycles. The van der Waals surface area contributed by atoms with E-state index in [0.717, 1.165) is 36.5 Å². The fourth-order valence-electron chi connectivity index (χ4n) is 3.55. The molecule has 166 valence electrons. The maximum absolute atomic E-state index is 12.8. The van der Waals surface area contributed by atoms with Gasteiger partial charge in [0, 0.05) is 53.4 Å². The minimum Gasteiger partial charge on any atom is -0.356 e. The predicted molar refractivity (Wildman–Crippen MR) is 118 cm³/mol. The number of aromatic nitrogens is 3. The molecule has 1 aliphatic rings. The van der Waals surface area contributed by atoms with Gasteiger partial charge in [0.25, 0.3) is 5.91 Å². The first kappa shape index (κ1) is 22.1. The third kappa shape index (κ3) is 5.37. The quantitative estimate of drug-likeness (QED) is 0.526. The number of hydrogen-bond acceptors (Lipinski definition) is 6. The molecule has 3 heterocycles. The summed E-state index contributed by atoms with van der Waals surface area (Å²) in [6.45, 7) is 3.94. The van der Waals surface area contributed by atoms with E-state index in [-0.39, 0.29) is 16.7 Å². The molecule has 1 aromatic carbocycles. The van der Waals surface area contributed by atoms with Crippen molar-refractivity contribution in [3.8, 4) is 11.1 Å². The maximum atomic E-state index is 12.8. The lowest BCUT2D eigenvalue weighted by Crippen LogP contribution is -2.22. The second-order valence-corrected chi connectivity index (χ2v) is 8.73. The average molecular weight is 459 g/mol. The molecule has 1 aliphatic heterocycles. The van der Waals surface area contributed by atoms with E-state index >= 15 is 0 Å². The van der Waals surface area contributed by atoms with E-state index in [0.29, 0.717) is 17.2 Å². The topological polar surface area (TPSA) is 71.0 Å². The molecule has 3 aromatic rings. The predicted octanol–water partition coefficient (Wildman–Crippen LogP) is 5.25. The number of carbonyl (C=O) groups excluding carboxylic acids is 1. The van der Waals surface area contributed by atoms with Crippen molar-refractivity contribution in [2.45, 2.75) is 23.7 Å². The van der Waals surface area contributed by atoms with Crippen molar-refractivity contribution < 1.29 is 18.0 Å². The normalized spacial score (nSPS) is 16.2. The smallest absolute Gasteiger partial charge is 0.356 e. The molecule has 0 aliphatic carbocycles. The number of benzene rings is 1. The standard InChI is InChI=1S/C22H20F3N5OS/c1-14-6-7-30(12-14)20-19(16-9-26-13-27-10-16)8-15(11-28-20)21(31)29-17-2-4-18(5-3-17)32-22(23,24)25/h2-5,8-11,13-14H,6-7,12H2,1H3,(H,29,31)/t14-/m0/s1. The van der Waals surface area contributed by atoms with Crippen LogP contribution in [0, 0.1) is 5.92 Å². The van der Waals surface area contributed by atoms with Gasteiger partial charge in [-0.15, -0.1) is 0 Å². The SMILES string of the molecule is C[C@H]1CCN(c2ncc(C(=O)Nc3ccc(SC(F)(F)F)cc3)cc2-c2cncnc2)C1. The highest BCUT2D eigenvalue weighted by atomic mass is 32.2. The third-order valence-electron chi connectivity index (χ3n) is 5.07. The summed E-state index contributed by atoms with van der Waals surface area (Å²) < 4.78 is 37.5. The Balaban J connectivity index is 1.57. The lowest BCUT2D eigenvalue weighted by Gasteiger charge is -2.21. The molecule has 10 heteroatoms. The Morgan fingerprint density at radius 1 is 1.16 bits per heavy atom. The van der Waals surface area contributed by atoms with Crippen molar-refractivity contribution in [1.29, 1.82) is 0 Å². The molecule has 1 amide bonds. The van der Waals surface area contributed by atoms with Gasteiger partial charge in [0.1, 0.15) is 12.1 Å². The summed E-state index contributed by atoms with van der Waals surface area (Å²) >= 11 is -0.201. The Labute approximate surface area is 187 Å². The molecule has 1 N–H and O–H groups in total. The molecule has 1 fully saturated rings. The van der Waals surface area contributed by atoms with Gasteiger partial charge in [-0.2, -0.15) is 13.2 Å². The highest BCUT2D eigenvalue weighted by Gasteiger charge is 2.29. The van der Waals surface area contributed by atoms with Crippen molar-refractivity contribution in [2.75, 3.05) is 23.3 Å². The van der Waals surface area contributed by atoms with Crippen LogP contribution in [0.5, 0.6) is 0 Å². The van der Waals surface area contributed by atoms with E-state index in [1.807, 2.05) is 0 Å². The van der Waals surface area contributed by atoms with Crippen LogP contribution in [-0.4, -0.2) is 39.5 Å². The number of amides is 1. The van der Waals surface area contributed by atoms with Gasteiger partial charge in [-0.3, -0.25) is 4.79 Å². The molecule has 0 radical (unpaired) electrons. The van der Waals surface area contributed by atoms with Crippen LogP contribution in [0.3, 0.4) is 0 Å². The van der Waals surface area contributed by atoms with Crippen LogP contribution >= 0.6 is 11.8 Å². The number of hydrogen-bond donors (Lipinski definition) is 1. The lowest BCUT2D eigenvalue weighted by atomic mass is 10.1. The van der Waals surface area contributed by atoms with Crippen LogP contribution in [0.1, 0.15) is 23.7 Å². The van der Waals surface area contributed by atoms with Gasteiger partial charge in [-0.25, -0.2) is 15.0 Å². The van der Waals surface area contributed by atoms with Gasteiger partial charge >= 0.3 is 5.51 Å². The number of anilines is 2. The van der Waals surface area contributed by atoms with Crippen LogP contribution in [-0.2, 0) is 0 Å². The average Bonchev–Trinajstić information content (AvgIpc) is 3.20. The largest absolute Gasteiger partial charge is 0.446 e. The first-order chi connectivity index (χ1) is 15.3. The van der Waals surface area contributed by atoms with E-state index in [1.54, 1.807) is 18.5 Å². The summed E-state index contributed by atoms with van der Waals surface area (Å²) in [6, 6.07) is 7.25. The molecule has 0 spiro atoms. The molecule has 32 heavy (non-hydrogen) atoms. The van der Waals surface area contributed by atoms with E-state index in [2.05, 4.69) is 32.1 Å². The minimum atomic E-state index is -4.36. The van der Waals surface area contributed by atoms with Gasteiger partial charge in [-0.05, 0) is 54.4 Å². The summed E-state index contributed by atoms with van der Waals surface area (Å²) in [5.74, 6) is 0.917. The van der Waals surface area contributed by atoms with Crippen molar-refractivity contribution in [2.24, 2.45) is 5.92 Å². The zero-order valence-electron chi connectivity index (χ0n) is 17.1. The van der Waals surface area contributed by atoms with Gasteiger partial charge in [-0.1, -0.05) is 6.92 Å². The summed E-state index contributed by atoms with van der Waals surface area (Å²) in [5, 5.41) is 2.71. The van der Waals surface area contributed by atoms with Gasteiger partial charge < -0.3 is 10.2 Å². The van der Waals surface area contributed by atoms with E-state index in [4.69, 9.17) is 0 Å². The first-order valence-corrected chi connectivity index (χ1v) is 10.8.